The van der Waals surface area contributed by atoms with E-state index in [0.717, 1.165) is 15.8 Å². The zero-order chi connectivity index (χ0) is 21.0. The van der Waals surface area contributed by atoms with E-state index in [1.54, 1.807) is 42.5 Å². The van der Waals surface area contributed by atoms with Gasteiger partial charge in [-0.25, -0.2) is 9.69 Å². The third-order valence-corrected chi connectivity index (χ3v) is 4.68. The van der Waals surface area contributed by atoms with E-state index < -0.39 is 17.8 Å². The van der Waals surface area contributed by atoms with Gasteiger partial charge in [0.2, 0.25) is 0 Å². The maximum Gasteiger partial charge on any atom is 0.335 e. The fourth-order valence-electron chi connectivity index (χ4n) is 2.75. The molecule has 0 atom stereocenters. The summed E-state index contributed by atoms with van der Waals surface area (Å²) in [5, 5.41) is 2.20. The summed E-state index contributed by atoms with van der Waals surface area (Å²) < 4.78 is 11.8. The molecule has 4 amide bonds. The molecule has 0 aromatic heterocycles. The molecule has 2 aromatic carbocycles. The Hall–Kier alpha value is -3.13. The molecule has 150 valence electrons. The van der Waals surface area contributed by atoms with Gasteiger partial charge >= 0.3 is 6.03 Å². The van der Waals surface area contributed by atoms with Crippen molar-refractivity contribution in [2.75, 3.05) is 18.6 Å². The number of hydrogen-bond donors (Lipinski definition) is 1. The zero-order valence-corrected chi connectivity index (χ0v) is 17.5. The topological polar surface area (TPSA) is 84.9 Å². The third-order valence-electron chi connectivity index (χ3n) is 4.15. The molecule has 7 nitrogen and oxygen atoms in total. The van der Waals surface area contributed by atoms with Gasteiger partial charge in [0.1, 0.15) is 5.57 Å². The molecule has 1 aliphatic heterocycles. The van der Waals surface area contributed by atoms with Crippen LogP contribution in [0.25, 0.3) is 6.08 Å². The number of ether oxygens (including phenoxy) is 2. The number of methoxy groups -OCH3 is 1. The summed E-state index contributed by atoms with van der Waals surface area (Å²) in [6.45, 7) is 2.54. The minimum absolute atomic E-state index is 0.156. The van der Waals surface area contributed by atoms with E-state index in [9.17, 15) is 14.4 Å². The first kappa shape index (κ1) is 20.6. The summed E-state index contributed by atoms with van der Waals surface area (Å²) >= 11 is 3.31. The fraction of sp³-hybridized carbons (Fsp3) is 0.190. The quantitative estimate of drug-likeness (QED) is 0.523. The summed E-state index contributed by atoms with van der Waals surface area (Å²) in [4.78, 5) is 38.4. The Balaban J connectivity index is 1.95. The highest BCUT2D eigenvalue weighted by atomic mass is 79.9. The predicted molar refractivity (Wildman–Crippen MR) is 112 cm³/mol. The highest BCUT2D eigenvalue weighted by Crippen LogP contribution is 2.30. The van der Waals surface area contributed by atoms with Crippen molar-refractivity contribution in [2.45, 2.75) is 13.3 Å². The highest BCUT2D eigenvalue weighted by molar-refractivity contribution is 9.10. The van der Waals surface area contributed by atoms with Gasteiger partial charge in [-0.1, -0.05) is 28.9 Å². The van der Waals surface area contributed by atoms with Crippen LogP contribution in [0.3, 0.4) is 0 Å². The molecule has 0 bridgehead atoms. The standard InChI is InChI=1S/C21H19BrN2O5/c1-3-10-29-17-9-4-13(12-18(17)28-2)11-16-19(25)23-21(27)24(20(16)26)15-7-5-14(22)6-8-15/h4-9,11-12H,3,10H2,1-2H3,(H,23,25,27)/b16-11+. The van der Waals surface area contributed by atoms with Crippen LogP contribution in [0.1, 0.15) is 18.9 Å². The van der Waals surface area contributed by atoms with E-state index in [0.29, 0.717) is 29.4 Å². The van der Waals surface area contributed by atoms with Crippen molar-refractivity contribution in [3.05, 3.63) is 58.1 Å². The number of rotatable bonds is 6. The van der Waals surface area contributed by atoms with E-state index in [2.05, 4.69) is 21.2 Å². The van der Waals surface area contributed by atoms with E-state index in [1.807, 2.05) is 6.92 Å². The van der Waals surface area contributed by atoms with Gasteiger partial charge in [0, 0.05) is 4.47 Å². The van der Waals surface area contributed by atoms with Gasteiger partial charge in [-0.05, 0) is 54.5 Å². The summed E-state index contributed by atoms with van der Waals surface area (Å²) in [7, 11) is 1.51. The lowest BCUT2D eigenvalue weighted by atomic mass is 10.1. The number of hydrogen-bond acceptors (Lipinski definition) is 5. The molecule has 3 rings (SSSR count). The lowest BCUT2D eigenvalue weighted by Gasteiger charge is -2.26. The number of barbiturate groups is 1. The molecule has 0 aliphatic carbocycles. The number of imide groups is 2. The van der Waals surface area contributed by atoms with Crippen LogP contribution in [0.4, 0.5) is 10.5 Å². The van der Waals surface area contributed by atoms with Crippen molar-refractivity contribution in [1.29, 1.82) is 0 Å². The van der Waals surface area contributed by atoms with Crippen LogP contribution in [0.15, 0.2) is 52.5 Å². The average molecular weight is 459 g/mol. The SMILES string of the molecule is CCCOc1ccc(/C=C2\C(=O)NC(=O)N(c3ccc(Br)cc3)C2=O)cc1OC. The molecule has 1 saturated heterocycles. The maximum atomic E-state index is 12.9. The first-order valence-corrected chi connectivity index (χ1v) is 9.71. The number of nitrogens with one attached hydrogen (secondary N) is 1. The fourth-order valence-corrected chi connectivity index (χ4v) is 3.02. The van der Waals surface area contributed by atoms with Gasteiger partial charge in [0.15, 0.2) is 11.5 Å². The summed E-state index contributed by atoms with van der Waals surface area (Å²) in [5.74, 6) is -0.398. The number of amides is 4. The molecular formula is C21H19BrN2O5. The van der Waals surface area contributed by atoms with Crippen LogP contribution in [-0.2, 0) is 9.59 Å². The van der Waals surface area contributed by atoms with E-state index in [1.165, 1.54) is 13.2 Å². The smallest absolute Gasteiger partial charge is 0.335 e. The molecule has 1 fully saturated rings. The lowest BCUT2D eigenvalue weighted by Crippen LogP contribution is -2.54. The molecule has 29 heavy (non-hydrogen) atoms. The van der Waals surface area contributed by atoms with Crippen LogP contribution in [0.2, 0.25) is 0 Å². The van der Waals surface area contributed by atoms with Crippen LogP contribution in [0.5, 0.6) is 11.5 Å². The summed E-state index contributed by atoms with van der Waals surface area (Å²) in [6.07, 6.45) is 2.27. The Morgan fingerprint density at radius 3 is 2.45 bits per heavy atom. The number of benzene rings is 2. The maximum absolute atomic E-state index is 12.9. The Labute approximate surface area is 176 Å². The van der Waals surface area contributed by atoms with Crippen LogP contribution in [0, 0.1) is 0 Å². The van der Waals surface area contributed by atoms with E-state index >= 15 is 0 Å². The molecule has 1 heterocycles. The molecule has 8 heteroatoms. The van der Waals surface area contributed by atoms with Gasteiger partial charge in [-0.15, -0.1) is 0 Å². The lowest BCUT2D eigenvalue weighted by molar-refractivity contribution is -0.122. The van der Waals surface area contributed by atoms with Gasteiger partial charge in [-0.2, -0.15) is 0 Å². The second-order valence-electron chi connectivity index (χ2n) is 6.19. The second-order valence-corrected chi connectivity index (χ2v) is 7.11. The molecule has 2 aromatic rings. The Morgan fingerprint density at radius 1 is 1.07 bits per heavy atom. The molecule has 0 spiro atoms. The molecule has 0 unspecified atom stereocenters. The van der Waals surface area contributed by atoms with E-state index in [4.69, 9.17) is 9.47 Å². The second kappa shape index (κ2) is 8.91. The first-order valence-electron chi connectivity index (χ1n) is 8.92. The van der Waals surface area contributed by atoms with Crippen molar-refractivity contribution in [3.8, 4) is 11.5 Å². The normalized spacial score (nSPS) is 15.5. The van der Waals surface area contributed by atoms with Crippen molar-refractivity contribution >= 4 is 45.5 Å². The Kier molecular flexibility index (Phi) is 6.33. The molecule has 1 aliphatic rings. The molecule has 1 N–H and O–H groups in total. The largest absolute Gasteiger partial charge is 0.493 e. The Bertz CT molecular complexity index is 985. The van der Waals surface area contributed by atoms with Crippen LogP contribution in [-0.4, -0.2) is 31.6 Å². The van der Waals surface area contributed by atoms with Crippen molar-refractivity contribution in [1.82, 2.24) is 5.32 Å². The van der Waals surface area contributed by atoms with Crippen LogP contribution < -0.4 is 19.7 Å². The molecular weight excluding hydrogens is 440 g/mol. The number of carbonyl (C=O) groups excluding carboxylic acids is 3. The van der Waals surface area contributed by atoms with Gasteiger partial charge in [0.25, 0.3) is 11.8 Å². The predicted octanol–water partition coefficient (Wildman–Crippen LogP) is 3.91. The third kappa shape index (κ3) is 4.48. The zero-order valence-electron chi connectivity index (χ0n) is 15.9. The average Bonchev–Trinajstić information content (AvgIpc) is 2.71. The van der Waals surface area contributed by atoms with Crippen molar-refractivity contribution in [2.24, 2.45) is 0 Å². The van der Waals surface area contributed by atoms with Gasteiger partial charge < -0.3 is 9.47 Å². The monoisotopic (exact) mass is 458 g/mol. The first-order chi connectivity index (χ1) is 13.9. The van der Waals surface area contributed by atoms with E-state index in [-0.39, 0.29) is 5.57 Å². The van der Waals surface area contributed by atoms with Crippen molar-refractivity contribution in [3.63, 3.8) is 0 Å². The summed E-state index contributed by atoms with van der Waals surface area (Å²) in [5.41, 5.74) is 0.765. The number of urea groups is 1. The number of anilines is 1. The highest BCUT2D eigenvalue weighted by Gasteiger charge is 2.36. The van der Waals surface area contributed by atoms with Crippen molar-refractivity contribution < 1.29 is 23.9 Å². The minimum Gasteiger partial charge on any atom is -0.493 e. The van der Waals surface area contributed by atoms with Gasteiger partial charge in [-0.3, -0.25) is 14.9 Å². The molecule has 0 saturated carbocycles. The number of nitrogens with zero attached hydrogens (tertiary/aromatic N) is 1. The Morgan fingerprint density at radius 2 is 1.79 bits per heavy atom. The van der Waals surface area contributed by atoms with Crippen LogP contribution >= 0.6 is 15.9 Å². The summed E-state index contributed by atoms with van der Waals surface area (Å²) in [6, 6.07) is 10.9. The van der Waals surface area contributed by atoms with Gasteiger partial charge in [0.05, 0.1) is 19.4 Å². The minimum atomic E-state index is -0.791. The number of halogens is 1. The molecule has 0 radical (unpaired) electrons. The number of carbonyl (C=O) groups is 3.